The molecule has 0 aromatic heterocycles. The van der Waals surface area contributed by atoms with Gasteiger partial charge in [0.2, 0.25) is 0 Å². The summed E-state index contributed by atoms with van der Waals surface area (Å²) >= 11 is 0. The van der Waals surface area contributed by atoms with Crippen LogP contribution in [0.5, 0.6) is 0 Å². The second kappa shape index (κ2) is 3.02. The van der Waals surface area contributed by atoms with Gasteiger partial charge in [0.05, 0.1) is 5.56 Å². The second-order valence-electron chi connectivity index (χ2n) is 2.84. The molecule has 0 saturated heterocycles. The lowest BCUT2D eigenvalue weighted by Crippen LogP contribution is -1.97. The lowest BCUT2D eigenvalue weighted by molar-refractivity contribution is 0.0535. The maximum absolute atomic E-state index is 11.0. The Balaban J connectivity index is 2.47. The van der Waals surface area contributed by atoms with Crippen molar-refractivity contribution in [1.82, 2.24) is 0 Å². The average molecular weight is 191 g/mol. The van der Waals surface area contributed by atoms with Crippen LogP contribution < -0.4 is 0 Å². The quantitative estimate of drug-likeness (QED) is 0.494. The van der Waals surface area contributed by atoms with E-state index in [0.29, 0.717) is 11.1 Å². The molecule has 14 heavy (non-hydrogen) atoms. The Kier molecular flexibility index (Phi) is 1.85. The largest absolute Gasteiger partial charge is 0.457 e. The number of fused-ring (bicyclic) bond motifs is 1. The number of benzene rings is 1. The molecule has 1 aliphatic heterocycles. The molecule has 70 valence electrons. The summed E-state index contributed by atoms with van der Waals surface area (Å²) in [5.74, 6) is -1.25. The normalized spacial score (nSPS) is 13.3. The van der Waals surface area contributed by atoms with Gasteiger partial charge in [-0.15, -0.1) is 4.91 Å². The number of hydrogen-bond acceptors (Lipinski definition) is 4. The molecule has 5 nitrogen and oxygen atoms in total. The molecule has 1 aromatic carbocycles. The Hall–Kier alpha value is -2.04. The average Bonchev–Trinajstić information content (AvgIpc) is 2.59. The molecule has 0 fully saturated rings. The molecule has 0 N–H and O–H groups in total. The van der Waals surface area contributed by atoms with Crippen LogP contribution >= 0.6 is 0 Å². The monoisotopic (exact) mass is 191 g/mol. The van der Waals surface area contributed by atoms with Crippen molar-refractivity contribution in [2.75, 3.05) is 0 Å². The molecule has 1 aromatic rings. The van der Waals surface area contributed by atoms with E-state index in [4.69, 9.17) is 4.74 Å². The lowest BCUT2D eigenvalue weighted by atomic mass is 10.1. The van der Waals surface area contributed by atoms with Crippen LogP contribution in [0.2, 0.25) is 0 Å². The maximum Gasteiger partial charge on any atom is 0.338 e. The van der Waals surface area contributed by atoms with Gasteiger partial charge in [0.25, 0.3) is 0 Å². The Morgan fingerprint density at radius 1 is 1.43 bits per heavy atom. The number of nitrogens with zero attached hydrogens (tertiary/aromatic N) is 1. The van der Waals surface area contributed by atoms with Crippen molar-refractivity contribution in [3.05, 3.63) is 39.8 Å². The molecule has 0 unspecified atom stereocenters. The number of esters is 1. The van der Waals surface area contributed by atoms with Gasteiger partial charge in [-0.2, -0.15) is 0 Å². The fourth-order valence-electron chi connectivity index (χ4n) is 1.32. The summed E-state index contributed by atoms with van der Waals surface area (Å²) in [7, 11) is 0. The molecule has 2 rings (SSSR count). The van der Waals surface area contributed by atoms with E-state index >= 15 is 0 Å². The zero-order valence-corrected chi connectivity index (χ0v) is 7.02. The number of rotatable bonds is 1. The van der Waals surface area contributed by atoms with Crippen molar-refractivity contribution in [2.45, 2.75) is 6.61 Å². The standard InChI is InChI=1S/C9H5NO4/c11-8(10-13)5-1-2-7-6(3-5)4-14-9(7)12/h1-3H,4H2. The Morgan fingerprint density at radius 3 is 2.93 bits per heavy atom. The molecule has 0 radical (unpaired) electrons. The number of nitroso groups, excluding NO2 is 1. The zero-order valence-electron chi connectivity index (χ0n) is 7.02. The summed E-state index contributed by atoms with van der Waals surface area (Å²) in [6.45, 7) is 0.147. The molecule has 1 amide bonds. The first kappa shape index (κ1) is 8.55. The zero-order chi connectivity index (χ0) is 10.1. The smallest absolute Gasteiger partial charge is 0.338 e. The third-order valence-corrected chi connectivity index (χ3v) is 2.01. The fraction of sp³-hybridized carbons (Fsp3) is 0.111. The first-order valence-electron chi connectivity index (χ1n) is 3.90. The van der Waals surface area contributed by atoms with E-state index in [1.54, 1.807) is 0 Å². The van der Waals surface area contributed by atoms with Crippen molar-refractivity contribution < 1.29 is 14.3 Å². The predicted molar refractivity (Wildman–Crippen MR) is 45.7 cm³/mol. The Labute approximate surface area is 78.7 Å². The third-order valence-electron chi connectivity index (χ3n) is 2.01. The van der Waals surface area contributed by atoms with Crippen LogP contribution in [0, 0.1) is 4.91 Å². The van der Waals surface area contributed by atoms with Gasteiger partial charge in [-0.1, -0.05) is 0 Å². The Bertz CT molecular complexity index is 438. The minimum Gasteiger partial charge on any atom is -0.457 e. The van der Waals surface area contributed by atoms with Crippen molar-refractivity contribution in [3.8, 4) is 0 Å². The number of ether oxygens (including phenoxy) is 1. The minimum atomic E-state index is -0.841. The van der Waals surface area contributed by atoms with Crippen LogP contribution in [0.3, 0.4) is 0 Å². The van der Waals surface area contributed by atoms with E-state index in [2.05, 4.69) is 5.18 Å². The van der Waals surface area contributed by atoms with Crippen LogP contribution in [0.25, 0.3) is 0 Å². The van der Waals surface area contributed by atoms with E-state index in [1.807, 2.05) is 0 Å². The van der Waals surface area contributed by atoms with Gasteiger partial charge in [-0.3, -0.25) is 4.79 Å². The molecule has 0 atom stereocenters. The van der Waals surface area contributed by atoms with Crippen molar-refractivity contribution in [2.24, 2.45) is 5.18 Å². The third kappa shape index (κ3) is 1.19. The molecular formula is C9H5NO4. The summed E-state index contributed by atoms with van der Waals surface area (Å²) in [5, 5.41) is 2.29. The summed E-state index contributed by atoms with van der Waals surface area (Å²) in [5.41, 5.74) is 1.23. The highest BCUT2D eigenvalue weighted by Crippen LogP contribution is 2.21. The molecule has 1 heterocycles. The highest BCUT2D eigenvalue weighted by molar-refractivity contribution is 5.98. The van der Waals surface area contributed by atoms with Crippen molar-refractivity contribution >= 4 is 11.9 Å². The topological polar surface area (TPSA) is 72.8 Å². The van der Waals surface area contributed by atoms with Crippen molar-refractivity contribution in [3.63, 3.8) is 0 Å². The molecule has 5 heteroatoms. The molecule has 0 bridgehead atoms. The fourth-order valence-corrected chi connectivity index (χ4v) is 1.32. The number of cyclic esters (lactones) is 1. The van der Waals surface area contributed by atoms with Crippen LogP contribution in [0.4, 0.5) is 0 Å². The summed E-state index contributed by atoms with van der Waals surface area (Å²) in [6, 6.07) is 4.29. The molecule has 0 aliphatic carbocycles. The van der Waals surface area contributed by atoms with Crippen LogP contribution in [0.1, 0.15) is 26.3 Å². The number of carbonyl (C=O) groups excluding carboxylic acids is 2. The van der Waals surface area contributed by atoms with Crippen LogP contribution in [-0.2, 0) is 11.3 Å². The molecular weight excluding hydrogens is 186 g/mol. The summed E-state index contributed by atoms with van der Waals surface area (Å²) in [4.78, 5) is 31.9. The SMILES string of the molecule is O=NC(=O)c1ccc2c(c1)COC2=O. The maximum atomic E-state index is 11.0. The van der Waals surface area contributed by atoms with Gasteiger partial charge < -0.3 is 4.74 Å². The van der Waals surface area contributed by atoms with Crippen LogP contribution in [-0.4, -0.2) is 11.9 Å². The van der Waals surface area contributed by atoms with E-state index in [-0.39, 0.29) is 12.2 Å². The predicted octanol–water partition coefficient (Wildman–Crippen LogP) is 1.26. The van der Waals surface area contributed by atoms with Crippen molar-refractivity contribution in [1.29, 1.82) is 0 Å². The number of hydrogen-bond donors (Lipinski definition) is 0. The van der Waals surface area contributed by atoms with Gasteiger partial charge in [0.1, 0.15) is 6.61 Å². The van der Waals surface area contributed by atoms with Gasteiger partial charge in [-0.25, -0.2) is 4.79 Å². The highest BCUT2D eigenvalue weighted by atomic mass is 16.5. The van der Waals surface area contributed by atoms with Gasteiger partial charge in [0, 0.05) is 16.3 Å². The first-order chi connectivity index (χ1) is 6.72. The first-order valence-corrected chi connectivity index (χ1v) is 3.90. The van der Waals surface area contributed by atoms with Gasteiger partial charge in [-0.05, 0) is 18.2 Å². The summed E-state index contributed by atoms with van der Waals surface area (Å²) in [6.07, 6.45) is 0. The van der Waals surface area contributed by atoms with Crippen LogP contribution in [0.15, 0.2) is 23.4 Å². The molecule has 0 spiro atoms. The van der Waals surface area contributed by atoms with Gasteiger partial charge >= 0.3 is 11.9 Å². The van der Waals surface area contributed by atoms with Gasteiger partial charge in [0.15, 0.2) is 0 Å². The summed E-state index contributed by atoms with van der Waals surface area (Å²) < 4.78 is 4.73. The molecule has 0 saturated carbocycles. The number of amides is 1. The van der Waals surface area contributed by atoms with E-state index in [0.717, 1.165) is 0 Å². The van der Waals surface area contributed by atoms with E-state index in [1.165, 1.54) is 18.2 Å². The lowest BCUT2D eigenvalue weighted by Gasteiger charge is -1.95. The second-order valence-corrected chi connectivity index (χ2v) is 2.84. The van der Waals surface area contributed by atoms with E-state index in [9.17, 15) is 14.5 Å². The number of carbonyl (C=O) groups is 2. The van der Waals surface area contributed by atoms with E-state index < -0.39 is 11.9 Å². The minimum absolute atomic E-state index is 0.147. The highest BCUT2D eigenvalue weighted by Gasteiger charge is 2.22. The molecule has 1 aliphatic rings. The Morgan fingerprint density at radius 2 is 2.21 bits per heavy atom.